The number of hydrogen-bond donors (Lipinski definition) is 1. The van der Waals surface area contributed by atoms with E-state index in [0.29, 0.717) is 41.7 Å². The molecule has 1 aliphatic rings. The van der Waals surface area contributed by atoms with E-state index in [-0.39, 0.29) is 22.7 Å². The molecule has 5 heterocycles. The first kappa shape index (κ1) is 21.8. The molecule has 0 bridgehead atoms. The van der Waals surface area contributed by atoms with E-state index in [1.165, 1.54) is 17.1 Å². The van der Waals surface area contributed by atoms with E-state index < -0.39 is 11.4 Å². The maximum atomic E-state index is 12.9. The highest BCUT2D eigenvalue weighted by Gasteiger charge is 2.34. The van der Waals surface area contributed by atoms with Crippen LogP contribution in [0.5, 0.6) is 0 Å². The third-order valence-corrected chi connectivity index (χ3v) is 6.56. The van der Waals surface area contributed by atoms with Crippen LogP contribution in [0.3, 0.4) is 0 Å². The highest BCUT2D eigenvalue weighted by atomic mass is 32.1. The monoisotopic (exact) mass is 476 g/mol. The van der Waals surface area contributed by atoms with E-state index in [4.69, 9.17) is 0 Å². The number of pyridine rings is 3. The molecule has 0 atom stereocenters. The summed E-state index contributed by atoms with van der Waals surface area (Å²) < 4.78 is 5.47. The van der Waals surface area contributed by atoms with Crippen molar-refractivity contribution < 1.29 is 14.7 Å². The van der Waals surface area contributed by atoms with E-state index in [0.717, 1.165) is 22.9 Å². The normalized spacial score (nSPS) is 13.8. The van der Waals surface area contributed by atoms with E-state index in [9.17, 15) is 19.5 Å². The van der Waals surface area contributed by atoms with Crippen LogP contribution in [0.25, 0.3) is 16.2 Å². The Morgan fingerprint density at radius 2 is 2.00 bits per heavy atom. The first-order chi connectivity index (χ1) is 16.3. The Morgan fingerprint density at radius 1 is 1.21 bits per heavy atom. The van der Waals surface area contributed by atoms with Crippen molar-refractivity contribution in [2.75, 3.05) is 18.0 Å². The van der Waals surface area contributed by atoms with Crippen LogP contribution in [0.1, 0.15) is 27.3 Å². The fourth-order valence-corrected chi connectivity index (χ4v) is 4.61. The second-order valence-corrected chi connectivity index (χ2v) is 9.04. The Balaban J connectivity index is 1.46. The largest absolute Gasteiger partial charge is 0.477 e. The summed E-state index contributed by atoms with van der Waals surface area (Å²) in [7, 11) is 0. The third-order valence-electron chi connectivity index (χ3n) is 5.89. The van der Waals surface area contributed by atoms with Crippen LogP contribution < -0.4 is 10.3 Å². The number of rotatable bonds is 6. The van der Waals surface area contributed by atoms with Crippen LogP contribution in [0, 0.1) is 19.8 Å². The maximum absolute atomic E-state index is 12.9. The molecule has 0 aromatic carbocycles. The van der Waals surface area contributed by atoms with E-state index in [2.05, 4.69) is 19.3 Å². The number of carboxylic acid groups (broad SMARTS) is 1. The number of aromatic nitrogens is 5. The number of aryl methyl sites for hydroxylation is 2. The average molecular weight is 477 g/mol. The van der Waals surface area contributed by atoms with E-state index in [1.54, 1.807) is 13.0 Å². The summed E-state index contributed by atoms with van der Waals surface area (Å²) in [5.74, 6) is -0.701. The molecule has 34 heavy (non-hydrogen) atoms. The van der Waals surface area contributed by atoms with Crippen molar-refractivity contribution >= 4 is 40.1 Å². The standard InChI is InChI=1S/C23H20N6O4S/c1-12-6-18(28-8-14(9-28)17(30)7-15-5-3-4-13(2)26-15)27-21-19(12)20(31)16(22(32)33)10-29(21)23-24-11-25-34-23/h3-6,10-11,14H,7-9H2,1-2H3,(H,32,33). The van der Waals surface area contributed by atoms with Crippen LogP contribution in [-0.4, -0.2) is 53.8 Å². The van der Waals surface area contributed by atoms with Crippen LogP contribution in [0.4, 0.5) is 5.82 Å². The Labute approximate surface area is 197 Å². The highest BCUT2D eigenvalue weighted by Crippen LogP contribution is 2.29. The first-order valence-electron chi connectivity index (χ1n) is 10.6. The third kappa shape index (κ3) is 3.83. The molecule has 0 saturated carbocycles. The SMILES string of the molecule is Cc1cccc(CC(=O)C2CN(c3cc(C)c4c(=O)c(C(=O)O)cn(-c5ncns5)c4n3)C2)n1. The summed E-state index contributed by atoms with van der Waals surface area (Å²) in [5, 5.41) is 10.1. The topological polar surface area (TPSA) is 131 Å². The molecule has 0 radical (unpaired) electrons. The van der Waals surface area contributed by atoms with Crippen molar-refractivity contribution in [3.63, 3.8) is 0 Å². The fraction of sp³-hybridized carbons (Fsp3) is 0.261. The molecule has 1 saturated heterocycles. The molecule has 0 amide bonds. The van der Waals surface area contributed by atoms with Crippen molar-refractivity contribution in [2.45, 2.75) is 20.3 Å². The smallest absolute Gasteiger partial charge is 0.341 e. The number of carbonyl (C=O) groups is 2. The van der Waals surface area contributed by atoms with Crippen LogP contribution >= 0.6 is 11.5 Å². The summed E-state index contributed by atoms with van der Waals surface area (Å²) in [4.78, 5) is 52.5. The lowest BCUT2D eigenvalue weighted by Gasteiger charge is -2.39. The number of carbonyl (C=O) groups excluding carboxylic acids is 1. The quantitative estimate of drug-likeness (QED) is 0.445. The van der Waals surface area contributed by atoms with Gasteiger partial charge in [-0.15, -0.1) is 0 Å². The second kappa shape index (κ2) is 8.41. The predicted molar refractivity (Wildman–Crippen MR) is 126 cm³/mol. The van der Waals surface area contributed by atoms with E-state index in [1.807, 2.05) is 30.0 Å². The van der Waals surface area contributed by atoms with Gasteiger partial charge in [0, 0.05) is 48.6 Å². The van der Waals surface area contributed by atoms with Crippen molar-refractivity contribution in [3.8, 4) is 5.13 Å². The van der Waals surface area contributed by atoms with Gasteiger partial charge in [0.1, 0.15) is 23.5 Å². The molecular weight excluding hydrogens is 456 g/mol. The second-order valence-electron chi connectivity index (χ2n) is 8.28. The fourth-order valence-electron chi connectivity index (χ4n) is 4.10. The van der Waals surface area contributed by atoms with Crippen LogP contribution in [0.15, 0.2) is 41.6 Å². The van der Waals surface area contributed by atoms with Crippen LogP contribution in [0.2, 0.25) is 0 Å². The zero-order valence-corrected chi connectivity index (χ0v) is 19.2. The molecule has 1 N–H and O–H groups in total. The highest BCUT2D eigenvalue weighted by molar-refractivity contribution is 7.08. The molecule has 1 aliphatic heterocycles. The number of nitrogens with zero attached hydrogens (tertiary/aromatic N) is 6. The molecule has 1 fully saturated rings. The number of Topliss-reactive ketones (excluding diaryl/α,β-unsaturated/α-hetero) is 1. The van der Waals surface area contributed by atoms with Gasteiger partial charge in [-0.2, -0.15) is 4.37 Å². The van der Waals surface area contributed by atoms with Crippen molar-refractivity contribution in [1.82, 2.24) is 23.9 Å². The van der Waals surface area contributed by atoms with Gasteiger partial charge in [0.2, 0.25) is 10.6 Å². The summed E-state index contributed by atoms with van der Waals surface area (Å²) in [6.07, 6.45) is 2.88. The zero-order valence-electron chi connectivity index (χ0n) is 18.4. The Bertz CT molecular complexity index is 1490. The van der Waals surface area contributed by atoms with Gasteiger partial charge in [0.05, 0.1) is 11.3 Å². The Kier molecular flexibility index (Phi) is 5.40. The lowest BCUT2D eigenvalue weighted by atomic mass is 9.92. The first-order valence-corrected chi connectivity index (χ1v) is 11.4. The average Bonchev–Trinajstić information content (AvgIpc) is 3.27. The zero-order chi connectivity index (χ0) is 24.0. The van der Waals surface area contributed by atoms with Gasteiger partial charge in [-0.05, 0) is 37.6 Å². The summed E-state index contributed by atoms with van der Waals surface area (Å²) >= 11 is 1.07. The van der Waals surface area contributed by atoms with Gasteiger partial charge in [-0.1, -0.05) is 6.07 Å². The number of carboxylic acids is 1. The minimum Gasteiger partial charge on any atom is -0.477 e. The van der Waals surface area contributed by atoms with Crippen molar-refractivity contribution in [1.29, 1.82) is 0 Å². The lowest BCUT2D eigenvalue weighted by molar-refractivity contribution is -0.123. The van der Waals surface area contributed by atoms with Gasteiger partial charge >= 0.3 is 5.97 Å². The Morgan fingerprint density at radius 3 is 2.68 bits per heavy atom. The van der Waals surface area contributed by atoms with Gasteiger partial charge in [-0.3, -0.25) is 19.1 Å². The van der Waals surface area contributed by atoms with Gasteiger partial charge in [0.15, 0.2) is 5.65 Å². The molecule has 0 spiro atoms. The molecule has 4 aromatic rings. The number of fused-ring (bicyclic) bond motifs is 1. The van der Waals surface area contributed by atoms with Crippen molar-refractivity contribution in [2.24, 2.45) is 5.92 Å². The number of anilines is 1. The predicted octanol–water partition coefficient (Wildman–Crippen LogP) is 2.20. The molecule has 4 aromatic heterocycles. The number of hydrogen-bond acceptors (Lipinski definition) is 9. The minimum atomic E-state index is -1.32. The summed E-state index contributed by atoms with van der Waals surface area (Å²) in [6.45, 7) is 4.67. The number of ketones is 1. The maximum Gasteiger partial charge on any atom is 0.341 e. The molecule has 0 unspecified atom stereocenters. The molecule has 172 valence electrons. The van der Waals surface area contributed by atoms with Crippen molar-refractivity contribution in [3.05, 3.63) is 69.5 Å². The van der Waals surface area contributed by atoms with Gasteiger partial charge < -0.3 is 10.0 Å². The van der Waals surface area contributed by atoms with Gasteiger partial charge in [-0.25, -0.2) is 14.8 Å². The summed E-state index contributed by atoms with van der Waals surface area (Å²) in [5.41, 5.74) is 1.59. The lowest BCUT2D eigenvalue weighted by Crippen LogP contribution is -2.51. The number of aromatic carboxylic acids is 1. The summed E-state index contributed by atoms with van der Waals surface area (Å²) in [6, 6.07) is 7.40. The molecule has 11 heteroatoms. The van der Waals surface area contributed by atoms with E-state index >= 15 is 0 Å². The Hall–Kier alpha value is -3.99. The molecule has 10 nitrogen and oxygen atoms in total. The van der Waals surface area contributed by atoms with Gasteiger partial charge in [0.25, 0.3) is 0 Å². The van der Waals surface area contributed by atoms with Crippen LogP contribution in [-0.2, 0) is 11.2 Å². The molecular formula is C23H20N6O4S. The minimum absolute atomic E-state index is 0.125. The molecule has 0 aliphatic carbocycles. The molecule has 5 rings (SSSR count).